The lowest BCUT2D eigenvalue weighted by Gasteiger charge is -2.38. The fourth-order valence-corrected chi connectivity index (χ4v) is 3.39. The molecule has 0 bridgehead atoms. The molecule has 0 aromatic carbocycles. The van der Waals surface area contributed by atoms with Crippen molar-refractivity contribution in [3.8, 4) is 0 Å². The first-order valence-corrected chi connectivity index (χ1v) is 8.89. The molecule has 0 spiro atoms. The summed E-state index contributed by atoms with van der Waals surface area (Å²) >= 11 is 0. The Bertz CT molecular complexity index is 775. The van der Waals surface area contributed by atoms with Crippen LogP contribution in [0.3, 0.4) is 0 Å². The third-order valence-corrected chi connectivity index (χ3v) is 5.29. The van der Waals surface area contributed by atoms with Crippen LogP contribution in [0, 0.1) is 10.1 Å². The first-order valence-electron chi connectivity index (χ1n) is 8.89. The van der Waals surface area contributed by atoms with Crippen molar-refractivity contribution in [2.75, 3.05) is 26.7 Å². The van der Waals surface area contributed by atoms with Gasteiger partial charge in [-0.3, -0.25) is 0 Å². The van der Waals surface area contributed by atoms with Gasteiger partial charge in [-0.15, -0.1) is 0 Å². The molecule has 0 radical (unpaired) electrons. The summed E-state index contributed by atoms with van der Waals surface area (Å²) < 4.78 is 12.9. The van der Waals surface area contributed by atoms with Gasteiger partial charge in [-0.05, 0) is 30.6 Å². The van der Waals surface area contributed by atoms with Gasteiger partial charge in [0.15, 0.2) is 5.82 Å². The zero-order valence-electron chi connectivity index (χ0n) is 14.7. The molecule has 2 aromatic heterocycles. The summed E-state index contributed by atoms with van der Waals surface area (Å²) in [4.78, 5) is 17.1. The van der Waals surface area contributed by atoms with E-state index in [-0.39, 0.29) is 5.82 Å². The first-order chi connectivity index (χ1) is 12.6. The van der Waals surface area contributed by atoms with Crippen LogP contribution in [0.2, 0.25) is 0 Å². The molecule has 0 N–H and O–H groups in total. The number of aromatic nitrogens is 4. The largest absolute Gasteiger partial charge is 0.389 e. The van der Waals surface area contributed by atoms with Crippen molar-refractivity contribution in [3.63, 3.8) is 0 Å². The van der Waals surface area contributed by atoms with Crippen LogP contribution < -0.4 is 0 Å². The lowest BCUT2D eigenvalue weighted by atomic mass is 9.91. The van der Waals surface area contributed by atoms with E-state index in [2.05, 4.69) is 20.1 Å². The monoisotopic (exact) mass is 362 g/mol. The Balaban J connectivity index is 1.33. The molecule has 140 valence electrons. The zero-order valence-corrected chi connectivity index (χ0v) is 14.7. The minimum atomic E-state index is -0.513. The number of ether oxygens (including phenoxy) is 1. The number of likely N-dealkylation sites (tertiary alicyclic amines) is 1. The van der Waals surface area contributed by atoms with Crippen molar-refractivity contribution in [3.05, 3.63) is 34.1 Å². The molecule has 0 unspecified atom stereocenters. The molecule has 4 rings (SSSR count). The highest BCUT2D eigenvalue weighted by Crippen LogP contribution is 2.41. The Morgan fingerprint density at radius 2 is 2.15 bits per heavy atom. The molecule has 0 atom stereocenters. The van der Waals surface area contributed by atoms with Crippen LogP contribution >= 0.6 is 0 Å². The van der Waals surface area contributed by atoms with Crippen molar-refractivity contribution in [1.82, 2.24) is 24.8 Å². The number of nitrogens with zero attached hydrogens (tertiary/aromatic N) is 6. The highest BCUT2D eigenvalue weighted by molar-refractivity contribution is 5.14. The number of hydrogen-bond donors (Lipinski definition) is 0. The highest BCUT2D eigenvalue weighted by Gasteiger charge is 2.42. The van der Waals surface area contributed by atoms with Gasteiger partial charge in [-0.25, -0.2) is 0 Å². The molecule has 2 fully saturated rings. The standard InChI is InChI=1S/C16H22N6O4/c1-25-16(15-17-14(19-26-15)12-2-3-12)5-8-20(9-6-16)10-11-21-7-4-13(18-21)22(23)24/h4,7,12H,2-3,5-6,8-11H2,1H3. The summed E-state index contributed by atoms with van der Waals surface area (Å²) in [5.74, 6) is 1.73. The molecule has 2 aromatic rings. The number of hydrogen-bond acceptors (Lipinski definition) is 8. The van der Waals surface area contributed by atoms with Crippen LogP contribution in [0.4, 0.5) is 5.82 Å². The predicted molar refractivity (Wildman–Crippen MR) is 89.5 cm³/mol. The van der Waals surface area contributed by atoms with Crippen LogP contribution in [0.1, 0.15) is 43.3 Å². The fraction of sp³-hybridized carbons (Fsp3) is 0.688. The second-order valence-corrected chi connectivity index (χ2v) is 6.97. The van der Waals surface area contributed by atoms with Crippen molar-refractivity contribution in [1.29, 1.82) is 0 Å². The summed E-state index contributed by atoms with van der Waals surface area (Å²) in [5, 5.41) is 18.7. The van der Waals surface area contributed by atoms with Crippen LogP contribution in [-0.4, -0.2) is 56.5 Å². The maximum Gasteiger partial charge on any atom is 0.389 e. The Hall–Kier alpha value is -2.33. The number of piperidine rings is 1. The van der Waals surface area contributed by atoms with E-state index in [4.69, 9.17) is 9.26 Å². The van der Waals surface area contributed by atoms with Crippen molar-refractivity contribution < 1.29 is 14.2 Å². The summed E-state index contributed by atoms with van der Waals surface area (Å²) in [6.07, 6.45) is 5.46. The molecule has 1 aliphatic heterocycles. The fourth-order valence-electron chi connectivity index (χ4n) is 3.39. The van der Waals surface area contributed by atoms with E-state index >= 15 is 0 Å². The minimum Gasteiger partial charge on any atom is -0.368 e. The second kappa shape index (κ2) is 6.76. The molecule has 10 heteroatoms. The molecule has 0 amide bonds. The Labute approximate surface area is 150 Å². The van der Waals surface area contributed by atoms with E-state index in [0.29, 0.717) is 18.4 Å². The average molecular weight is 362 g/mol. The van der Waals surface area contributed by atoms with E-state index in [0.717, 1.165) is 51.1 Å². The smallest absolute Gasteiger partial charge is 0.368 e. The van der Waals surface area contributed by atoms with E-state index in [1.807, 2.05) is 0 Å². The summed E-state index contributed by atoms with van der Waals surface area (Å²) in [6, 6.07) is 1.42. The quantitative estimate of drug-likeness (QED) is 0.540. The van der Waals surface area contributed by atoms with Crippen LogP contribution in [0.15, 0.2) is 16.8 Å². The summed E-state index contributed by atoms with van der Waals surface area (Å²) in [5.41, 5.74) is -0.513. The van der Waals surface area contributed by atoms with Gasteiger partial charge in [0.25, 0.3) is 5.89 Å². The molecule has 1 aliphatic carbocycles. The molecule has 1 saturated heterocycles. The lowest BCUT2D eigenvalue weighted by molar-refractivity contribution is -0.389. The molecule has 10 nitrogen and oxygen atoms in total. The third-order valence-electron chi connectivity index (χ3n) is 5.29. The molecule has 2 aliphatic rings. The van der Waals surface area contributed by atoms with Gasteiger partial charge in [0, 0.05) is 32.7 Å². The molecule has 26 heavy (non-hydrogen) atoms. The minimum absolute atomic E-state index is 0.120. The zero-order chi connectivity index (χ0) is 18.1. The van der Waals surface area contributed by atoms with Crippen LogP contribution in [0.5, 0.6) is 0 Å². The van der Waals surface area contributed by atoms with E-state index in [9.17, 15) is 10.1 Å². The topological polar surface area (TPSA) is 112 Å². The first kappa shape index (κ1) is 17.1. The van der Waals surface area contributed by atoms with Crippen LogP contribution in [-0.2, 0) is 16.9 Å². The maximum atomic E-state index is 10.7. The summed E-state index contributed by atoms with van der Waals surface area (Å²) in [7, 11) is 1.69. The van der Waals surface area contributed by atoms with Gasteiger partial charge >= 0.3 is 5.82 Å². The number of rotatable bonds is 7. The van der Waals surface area contributed by atoms with Gasteiger partial charge < -0.3 is 24.3 Å². The van der Waals surface area contributed by atoms with Gasteiger partial charge in [0.05, 0.1) is 23.9 Å². The van der Waals surface area contributed by atoms with E-state index in [1.165, 1.54) is 6.07 Å². The average Bonchev–Trinajstić information content (AvgIpc) is 3.19. The molecular formula is C16H22N6O4. The van der Waals surface area contributed by atoms with Crippen LogP contribution in [0.25, 0.3) is 0 Å². The SMILES string of the molecule is COC1(c2nc(C3CC3)no2)CCN(CCn2ccc([N+](=O)[O-])n2)CC1. The number of nitro groups is 1. The van der Waals surface area contributed by atoms with Crippen molar-refractivity contribution in [2.24, 2.45) is 0 Å². The highest BCUT2D eigenvalue weighted by atomic mass is 16.6. The molecule has 3 heterocycles. The van der Waals surface area contributed by atoms with Crippen molar-refractivity contribution >= 4 is 5.82 Å². The molecule has 1 saturated carbocycles. The Kier molecular flexibility index (Phi) is 4.45. The predicted octanol–water partition coefficient (Wildman–Crippen LogP) is 1.69. The maximum absolute atomic E-state index is 10.7. The summed E-state index contributed by atoms with van der Waals surface area (Å²) in [6.45, 7) is 3.05. The Morgan fingerprint density at radius 3 is 2.77 bits per heavy atom. The van der Waals surface area contributed by atoms with Crippen molar-refractivity contribution in [2.45, 2.75) is 43.7 Å². The normalized spacial score (nSPS) is 20.3. The van der Waals surface area contributed by atoms with Gasteiger partial charge in [-0.2, -0.15) is 9.67 Å². The van der Waals surface area contributed by atoms with E-state index in [1.54, 1.807) is 18.0 Å². The number of methoxy groups -OCH3 is 1. The lowest BCUT2D eigenvalue weighted by Crippen LogP contribution is -2.44. The third kappa shape index (κ3) is 3.34. The van der Waals surface area contributed by atoms with Gasteiger partial charge in [0.1, 0.15) is 5.60 Å². The second-order valence-electron chi connectivity index (χ2n) is 6.97. The molecular weight excluding hydrogens is 340 g/mol. The van der Waals surface area contributed by atoms with Gasteiger partial charge in [-0.1, -0.05) is 5.16 Å². The Morgan fingerprint density at radius 1 is 1.38 bits per heavy atom. The van der Waals surface area contributed by atoms with E-state index < -0.39 is 10.5 Å². The van der Waals surface area contributed by atoms with Gasteiger partial charge in [0.2, 0.25) is 0 Å².